The van der Waals surface area contributed by atoms with Crippen LogP contribution in [0.15, 0.2) is 17.1 Å². The Balaban J connectivity index is 2.43. The van der Waals surface area contributed by atoms with Gasteiger partial charge in [-0.15, -0.1) is 0 Å². The highest BCUT2D eigenvalue weighted by Gasteiger charge is 2.29. The van der Waals surface area contributed by atoms with Gasteiger partial charge in [0, 0.05) is 12.6 Å². The molecular weight excluding hydrogens is 264 g/mol. The van der Waals surface area contributed by atoms with Gasteiger partial charge >= 0.3 is 0 Å². The minimum absolute atomic E-state index is 0.00330. The summed E-state index contributed by atoms with van der Waals surface area (Å²) in [6.07, 6.45) is 4.09. The third-order valence-corrected chi connectivity index (χ3v) is 3.82. The summed E-state index contributed by atoms with van der Waals surface area (Å²) in [6.45, 7) is 6.78. The summed E-state index contributed by atoms with van der Waals surface area (Å²) in [6, 6.07) is -0.00330. The minimum atomic E-state index is -3.15. The molecule has 1 fully saturated rings. The summed E-state index contributed by atoms with van der Waals surface area (Å²) in [5, 5.41) is 3.05. The lowest BCUT2D eigenvalue weighted by molar-refractivity contribution is 0.440. The molecule has 6 nitrogen and oxygen atoms in total. The van der Waals surface area contributed by atoms with Crippen LogP contribution in [0.5, 0.6) is 0 Å². The molecule has 7 heteroatoms. The van der Waals surface area contributed by atoms with Crippen LogP contribution in [-0.4, -0.2) is 39.8 Å². The van der Waals surface area contributed by atoms with Crippen molar-refractivity contribution in [3.63, 3.8) is 0 Å². The van der Waals surface area contributed by atoms with Crippen LogP contribution < -0.4 is 15.8 Å². The van der Waals surface area contributed by atoms with Gasteiger partial charge in [0.2, 0.25) is 10.0 Å². The molecule has 0 radical (unpaired) electrons. The predicted octanol–water partition coefficient (Wildman–Crippen LogP) is 0.185. The maximum atomic E-state index is 11.3. The van der Waals surface area contributed by atoms with Crippen molar-refractivity contribution in [2.24, 2.45) is 16.6 Å². The summed E-state index contributed by atoms with van der Waals surface area (Å²) in [5.74, 6) is 0.640. The first kappa shape index (κ1) is 16.0. The van der Waals surface area contributed by atoms with E-state index in [4.69, 9.17) is 5.73 Å². The largest absolute Gasteiger partial charge is 0.370 e. The highest BCUT2D eigenvalue weighted by molar-refractivity contribution is 7.88. The molecule has 1 rings (SSSR count). The second-order valence-corrected chi connectivity index (χ2v) is 7.01. The van der Waals surface area contributed by atoms with Gasteiger partial charge in [0.15, 0.2) is 5.96 Å². The van der Waals surface area contributed by atoms with Gasteiger partial charge in [-0.25, -0.2) is 18.1 Å². The lowest BCUT2D eigenvalue weighted by atomic mass is 10.1. The summed E-state index contributed by atoms with van der Waals surface area (Å²) < 4.78 is 25.2. The molecule has 0 aliphatic heterocycles. The zero-order valence-electron chi connectivity index (χ0n) is 11.6. The van der Waals surface area contributed by atoms with E-state index in [1.807, 2.05) is 6.92 Å². The van der Waals surface area contributed by atoms with Gasteiger partial charge in [0.1, 0.15) is 0 Å². The van der Waals surface area contributed by atoms with Gasteiger partial charge in [-0.05, 0) is 25.7 Å². The molecule has 0 bridgehead atoms. The molecule has 0 amide bonds. The second-order valence-electron chi connectivity index (χ2n) is 5.23. The van der Waals surface area contributed by atoms with E-state index >= 15 is 0 Å². The van der Waals surface area contributed by atoms with Crippen LogP contribution in [0.3, 0.4) is 0 Å². The number of rotatable bonds is 6. The van der Waals surface area contributed by atoms with Gasteiger partial charge in [-0.3, -0.25) is 0 Å². The van der Waals surface area contributed by atoms with Crippen molar-refractivity contribution in [3.8, 4) is 0 Å². The van der Waals surface area contributed by atoms with Crippen molar-refractivity contribution in [2.45, 2.75) is 32.2 Å². The summed E-state index contributed by atoms with van der Waals surface area (Å²) >= 11 is 0. The van der Waals surface area contributed by atoms with Gasteiger partial charge in [-0.2, -0.15) is 0 Å². The molecule has 19 heavy (non-hydrogen) atoms. The first-order valence-corrected chi connectivity index (χ1v) is 8.32. The highest BCUT2D eigenvalue weighted by Crippen LogP contribution is 2.25. The van der Waals surface area contributed by atoms with E-state index in [-0.39, 0.29) is 12.0 Å². The van der Waals surface area contributed by atoms with Crippen LogP contribution in [0.1, 0.15) is 26.2 Å². The molecule has 2 unspecified atom stereocenters. The first-order chi connectivity index (χ1) is 8.78. The fourth-order valence-electron chi connectivity index (χ4n) is 2.22. The van der Waals surface area contributed by atoms with Gasteiger partial charge in [0.25, 0.3) is 0 Å². The van der Waals surface area contributed by atoms with E-state index in [2.05, 4.69) is 21.6 Å². The van der Waals surface area contributed by atoms with Crippen LogP contribution in [0.4, 0.5) is 0 Å². The average molecular weight is 288 g/mol. The summed E-state index contributed by atoms with van der Waals surface area (Å²) in [5.41, 5.74) is 6.68. The maximum Gasteiger partial charge on any atom is 0.208 e. The van der Waals surface area contributed by atoms with Crippen LogP contribution in [-0.2, 0) is 10.0 Å². The minimum Gasteiger partial charge on any atom is -0.370 e. The van der Waals surface area contributed by atoms with Gasteiger partial charge < -0.3 is 11.1 Å². The van der Waals surface area contributed by atoms with Crippen molar-refractivity contribution >= 4 is 16.0 Å². The quantitative estimate of drug-likeness (QED) is 0.369. The Morgan fingerprint density at radius 3 is 2.74 bits per heavy atom. The van der Waals surface area contributed by atoms with E-state index < -0.39 is 10.0 Å². The molecule has 0 saturated heterocycles. The van der Waals surface area contributed by atoms with E-state index in [1.54, 1.807) is 0 Å². The molecule has 1 aliphatic rings. The molecule has 1 saturated carbocycles. The van der Waals surface area contributed by atoms with Crippen molar-refractivity contribution in [1.29, 1.82) is 0 Å². The lowest BCUT2D eigenvalue weighted by Crippen LogP contribution is -2.43. The van der Waals surface area contributed by atoms with Crippen LogP contribution in [0.25, 0.3) is 0 Å². The normalized spacial score (nSPS) is 24.4. The number of hydrogen-bond donors (Lipinski definition) is 3. The molecular formula is C12H24N4O2S. The number of guanidine groups is 1. The van der Waals surface area contributed by atoms with E-state index in [9.17, 15) is 8.42 Å². The molecule has 0 aromatic rings. The number of sulfonamides is 1. The van der Waals surface area contributed by atoms with Crippen LogP contribution in [0, 0.1) is 5.92 Å². The Hall–Kier alpha value is -1.08. The van der Waals surface area contributed by atoms with Crippen LogP contribution in [0.2, 0.25) is 0 Å². The number of hydrogen-bond acceptors (Lipinski definition) is 3. The Labute approximate surface area is 115 Å². The van der Waals surface area contributed by atoms with E-state index in [0.717, 1.165) is 24.8 Å². The van der Waals surface area contributed by atoms with E-state index in [1.165, 1.54) is 6.26 Å². The topological polar surface area (TPSA) is 96.6 Å². The maximum absolute atomic E-state index is 11.3. The fourth-order valence-corrected chi connectivity index (χ4v) is 3.08. The SMILES string of the molecule is C=C(C)CN=C(N)NCC1CCCC1NS(C)(=O)=O. The third-order valence-electron chi connectivity index (χ3n) is 3.09. The van der Waals surface area contributed by atoms with Gasteiger partial charge in [-0.1, -0.05) is 18.6 Å². The molecule has 110 valence electrons. The smallest absolute Gasteiger partial charge is 0.208 e. The number of nitrogens with two attached hydrogens (primary N) is 1. The Bertz CT molecular complexity index is 445. The van der Waals surface area contributed by atoms with Crippen molar-refractivity contribution < 1.29 is 8.42 Å². The summed E-state index contributed by atoms with van der Waals surface area (Å²) in [7, 11) is -3.15. The van der Waals surface area contributed by atoms with E-state index in [0.29, 0.717) is 19.0 Å². The monoisotopic (exact) mass is 288 g/mol. The molecule has 0 aromatic carbocycles. The number of nitrogens with zero attached hydrogens (tertiary/aromatic N) is 1. The molecule has 0 spiro atoms. The molecule has 4 N–H and O–H groups in total. The molecule has 2 atom stereocenters. The highest BCUT2D eigenvalue weighted by atomic mass is 32.2. The standard InChI is InChI=1S/C12H24N4O2S/c1-9(2)7-14-12(13)15-8-10-5-4-6-11(10)16-19(3,17)18/h10-11,16H,1,4-8H2,2-3H3,(H3,13,14,15). The molecule has 1 aliphatic carbocycles. The summed E-state index contributed by atoms with van der Waals surface area (Å²) in [4.78, 5) is 4.13. The van der Waals surface area contributed by atoms with Crippen molar-refractivity contribution in [1.82, 2.24) is 10.0 Å². The first-order valence-electron chi connectivity index (χ1n) is 6.43. The molecule has 0 heterocycles. The second kappa shape index (κ2) is 6.91. The third kappa shape index (κ3) is 6.58. The zero-order chi connectivity index (χ0) is 14.5. The Morgan fingerprint density at radius 1 is 1.47 bits per heavy atom. The van der Waals surface area contributed by atoms with Crippen molar-refractivity contribution in [2.75, 3.05) is 19.3 Å². The Kier molecular flexibility index (Phi) is 5.81. The van der Waals surface area contributed by atoms with Crippen LogP contribution >= 0.6 is 0 Å². The lowest BCUT2D eigenvalue weighted by Gasteiger charge is -2.20. The average Bonchev–Trinajstić information content (AvgIpc) is 2.68. The number of aliphatic imine (C=N–C) groups is 1. The Morgan fingerprint density at radius 2 is 2.16 bits per heavy atom. The van der Waals surface area contributed by atoms with Crippen molar-refractivity contribution in [3.05, 3.63) is 12.2 Å². The zero-order valence-corrected chi connectivity index (χ0v) is 12.5. The number of nitrogens with one attached hydrogen (secondary N) is 2. The predicted molar refractivity (Wildman–Crippen MR) is 78.4 cm³/mol. The van der Waals surface area contributed by atoms with Gasteiger partial charge in [0.05, 0.1) is 12.8 Å². The molecule has 0 aromatic heterocycles. The fraction of sp³-hybridized carbons (Fsp3) is 0.750.